The lowest BCUT2D eigenvalue weighted by Gasteiger charge is -2.38. The number of ether oxygens (including phenoxy) is 1. The van der Waals surface area contributed by atoms with E-state index < -0.39 is 11.4 Å². The zero-order valence-electron chi connectivity index (χ0n) is 23.8. The second-order valence-electron chi connectivity index (χ2n) is 10.5. The highest BCUT2D eigenvalue weighted by Gasteiger charge is 2.43. The molecule has 0 unspecified atom stereocenters. The Kier molecular flexibility index (Phi) is 7.45. The smallest absolute Gasteiger partial charge is 0.252 e. The van der Waals surface area contributed by atoms with Gasteiger partial charge in [0, 0.05) is 42.4 Å². The van der Waals surface area contributed by atoms with E-state index in [4.69, 9.17) is 14.7 Å². The minimum Gasteiger partial charge on any atom is -0.368 e. The monoisotopic (exact) mass is 593 g/mol. The molecular weight excluding hydrogens is 561 g/mol. The Hall–Kier alpha value is -4.24. The number of amides is 1. The van der Waals surface area contributed by atoms with Crippen molar-refractivity contribution in [2.75, 3.05) is 12.4 Å². The normalized spacial score (nSPS) is 19.7. The fourth-order valence-electron chi connectivity index (χ4n) is 5.34. The molecule has 1 saturated carbocycles. The van der Waals surface area contributed by atoms with Gasteiger partial charge in [0.05, 0.1) is 30.0 Å². The molecule has 0 bridgehead atoms. The summed E-state index contributed by atoms with van der Waals surface area (Å²) in [6.45, 7) is 6.53. The summed E-state index contributed by atoms with van der Waals surface area (Å²) < 4.78 is 22.5. The Bertz CT molecular complexity index is 1720. The van der Waals surface area contributed by atoms with E-state index in [9.17, 15) is 9.18 Å². The largest absolute Gasteiger partial charge is 0.368 e. The van der Waals surface area contributed by atoms with Crippen LogP contribution in [0.3, 0.4) is 0 Å². The molecule has 3 N–H and O–H groups in total. The average molecular weight is 594 g/mol. The van der Waals surface area contributed by atoms with E-state index in [0.717, 1.165) is 27.8 Å². The quantitative estimate of drug-likeness (QED) is 0.227. The number of halogens is 1. The van der Waals surface area contributed by atoms with E-state index in [-0.39, 0.29) is 17.9 Å². The van der Waals surface area contributed by atoms with Gasteiger partial charge in [-0.3, -0.25) is 9.89 Å². The highest BCUT2D eigenvalue weighted by Crippen LogP contribution is 2.40. The molecule has 5 aromatic rings. The molecule has 5 heterocycles. The summed E-state index contributed by atoms with van der Waals surface area (Å²) in [6.07, 6.45) is 8.22. The molecule has 0 aromatic carbocycles. The van der Waals surface area contributed by atoms with Gasteiger partial charge in [-0.15, -0.1) is 0 Å². The van der Waals surface area contributed by atoms with Crippen molar-refractivity contribution in [3.05, 3.63) is 53.1 Å². The maximum atomic E-state index is 13.6. The topological polar surface area (TPSA) is 153 Å². The fourth-order valence-corrected chi connectivity index (χ4v) is 6.19. The number of hydrogen-bond donors (Lipinski definition) is 3. The Morgan fingerprint density at radius 1 is 1.26 bits per heavy atom. The van der Waals surface area contributed by atoms with Gasteiger partial charge in [0.25, 0.3) is 5.91 Å². The van der Waals surface area contributed by atoms with Crippen molar-refractivity contribution in [2.24, 2.45) is 0 Å². The van der Waals surface area contributed by atoms with Crippen molar-refractivity contribution in [3.63, 3.8) is 0 Å². The number of anilines is 2. The average Bonchev–Trinajstić information content (AvgIpc) is 3.80. The number of aryl methyl sites for hydroxylation is 2. The molecule has 0 saturated heterocycles. The Morgan fingerprint density at radius 3 is 2.74 bits per heavy atom. The van der Waals surface area contributed by atoms with Gasteiger partial charge >= 0.3 is 0 Å². The predicted octanol–water partition coefficient (Wildman–Crippen LogP) is 4.32. The van der Waals surface area contributed by atoms with Crippen molar-refractivity contribution < 1.29 is 13.9 Å². The SMILES string of the molecule is CCn1ncc2c(Nc3cc(C)[nH]n3)nc(C3CCC(OC)(C(=O)N[C@@H](C)c4cnc(-n5cc(F)cn5)s4)CC3)nc21. The first kappa shape index (κ1) is 27.9. The van der Waals surface area contributed by atoms with Crippen molar-refractivity contribution in [1.82, 2.24) is 50.0 Å². The third-order valence-electron chi connectivity index (χ3n) is 7.76. The van der Waals surface area contributed by atoms with Crippen LogP contribution in [0.4, 0.5) is 16.0 Å². The Balaban J connectivity index is 1.17. The van der Waals surface area contributed by atoms with Crippen molar-refractivity contribution in [2.45, 2.75) is 70.6 Å². The lowest BCUT2D eigenvalue weighted by atomic mass is 9.77. The van der Waals surface area contributed by atoms with Crippen molar-refractivity contribution in [3.8, 4) is 5.13 Å². The van der Waals surface area contributed by atoms with E-state index in [2.05, 4.69) is 36.0 Å². The summed E-state index contributed by atoms with van der Waals surface area (Å²) in [4.78, 5) is 28.5. The van der Waals surface area contributed by atoms with Crippen LogP contribution in [0, 0.1) is 12.7 Å². The highest BCUT2D eigenvalue weighted by atomic mass is 32.1. The van der Waals surface area contributed by atoms with Gasteiger partial charge in [0.2, 0.25) is 5.13 Å². The summed E-state index contributed by atoms with van der Waals surface area (Å²) in [6, 6.07) is 1.60. The first-order chi connectivity index (χ1) is 20.3. The van der Waals surface area contributed by atoms with Gasteiger partial charge in [-0.1, -0.05) is 11.3 Å². The number of fused-ring (bicyclic) bond motifs is 1. The first-order valence-corrected chi connectivity index (χ1v) is 14.6. The van der Waals surface area contributed by atoms with Crippen LogP contribution in [-0.2, 0) is 16.1 Å². The number of carbonyl (C=O) groups is 1. The molecule has 220 valence electrons. The van der Waals surface area contributed by atoms with Gasteiger partial charge in [0.15, 0.2) is 17.3 Å². The third kappa shape index (κ3) is 5.25. The summed E-state index contributed by atoms with van der Waals surface area (Å²) in [7, 11) is 1.58. The molecule has 0 radical (unpaired) electrons. The van der Waals surface area contributed by atoms with Gasteiger partial charge in [-0.2, -0.15) is 15.3 Å². The van der Waals surface area contributed by atoms with E-state index in [1.165, 1.54) is 22.2 Å². The van der Waals surface area contributed by atoms with Crippen molar-refractivity contribution >= 4 is 39.9 Å². The van der Waals surface area contributed by atoms with Gasteiger partial charge in [-0.25, -0.2) is 28.7 Å². The van der Waals surface area contributed by atoms with E-state index >= 15 is 0 Å². The van der Waals surface area contributed by atoms with Crippen LogP contribution in [-0.4, -0.2) is 63.3 Å². The summed E-state index contributed by atoms with van der Waals surface area (Å²) in [5, 5.41) is 23.4. The molecule has 6 rings (SSSR count). The number of H-pyrrole nitrogens is 1. The number of hydrogen-bond acceptors (Lipinski definition) is 10. The van der Waals surface area contributed by atoms with Crippen LogP contribution >= 0.6 is 11.3 Å². The molecule has 1 fully saturated rings. The lowest BCUT2D eigenvalue weighted by molar-refractivity contribution is -0.148. The number of rotatable bonds is 9. The number of thiazole rings is 1. The van der Waals surface area contributed by atoms with Gasteiger partial charge in [-0.05, 0) is 46.5 Å². The highest BCUT2D eigenvalue weighted by molar-refractivity contribution is 7.14. The standard InChI is InChI=1S/C27H32FN11O2S/c1-5-38-24-19(12-31-38)23(33-21-10-15(2)36-37-21)34-22(35-24)17-6-8-27(41-4,9-7-17)25(40)32-16(3)20-13-29-26(42-20)39-14-18(28)11-30-39/h10-14,16-17H,5-9H2,1-4H3,(H,32,40)(H2,33,34,35,36,37)/t16-,17?,27?/m0/s1. The number of aromatic nitrogens is 9. The minimum atomic E-state index is -0.966. The Labute approximate surface area is 244 Å². The van der Waals surface area contributed by atoms with E-state index in [1.807, 2.05) is 31.5 Å². The molecule has 1 amide bonds. The Morgan fingerprint density at radius 2 is 2.07 bits per heavy atom. The molecular formula is C27H32FN11O2S. The van der Waals surface area contributed by atoms with Crippen LogP contribution < -0.4 is 10.6 Å². The summed E-state index contributed by atoms with van der Waals surface area (Å²) in [5.74, 6) is 1.46. The molecule has 1 atom stereocenters. The van der Waals surface area contributed by atoms with E-state index in [1.54, 1.807) is 19.5 Å². The summed E-state index contributed by atoms with van der Waals surface area (Å²) >= 11 is 1.34. The number of nitrogens with one attached hydrogen (secondary N) is 3. The third-order valence-corrected chi connectivity index (χ3v) is 8.93. The zero-order chi connectivity index (χ0) is 29.4. The molecule has 15 heteroatoms. The molecule has 42 heavy (non-hydrogen) atoms. The number of methoxy groups -OCH3 is 1. The lowest BCUT2D eigenvalue weighted by Crippen LogP contribution is -2.50. The van der Waals surface area contributed by atoms with Gasteiger partial charge < -0.3 is 15.4 Å². The fraction of sp³-hybridized carbons (Fsp3) is 0.444. The van der Waals surface area contributed by atoms with E-state index in [0.29, 0.717) is 54.8 Å². The molecule has 13 nitrogen and oxygen atoms in total. The molecule has 5 aromatic heterocycles. The van der Waals surface area contributed by atoms with Crippen molar-refractivity contribution in [1.29, 1.82) is 0 Å². The second-order valence-corrected chi connectivity index (χ2v) is 11.5. The van der Waals surface area contributed by atoms with Crippen LogP contribution in [0.2, 0.25) is 0 Å². The second kappa shape index (κ2) is 11.2. The van der Waals surface area contributed by atoms with Crippen LogP contribution in [0.5, 0.6) is 0 Å². The van der Waals surface area contributed by atoms with Crippen LogP contribution in [0.1, 0.15) is 67.9 Å². The maximum Gasteiger partial charge on any atom is 0.252 e. The zero-order valence-corrected chi connectivity index (χ0v) is 24.6. The molecule has 0 aliphatic heterocycles. The van der Waals surface area contributed by atoms with Crippen LogP contribution in [0.15, 0.2) is 30.9 Å². The number of nitrogens with zero attached hydrogens (tertiary/aromatic N) is 8. The molecule has 1 aliphatic rings. The number of carbonyl (C=O) groups excluding carboxylic acids is 1. The predicted molar refractivity (Wildman–Crippen MR) is 154 cm³/mol. The maximum absolute atomic E-state index is 13.6. The first-order valence-electron chi connectivity index (χ1n) is 13.8. The van der Waals surface area contributed by atoms with Crippen LogP contribution in [0.25, 0.3) is 16.2 Å². The number of aromatic amines is 1. The minimum absolute atomic E-state index is 0.0445. The summed E-state index contributed by atoms with van der Waals surface area (Å²) in [5.41, 5.74) is 0.730. The molecule has 1 aliphatic carbocycles. The van der Waals surface area contributed by atoms with Gasteiger partial charge in [0.1, 0.15) is 17.2 Å². The molecule has 0 spiro atoms.